The van der Waals surface area contributed by atoms with Crippen LogP contribution in [0.1, 0.15) is 31.2 Å². The van der Waals surface area contributed by atoms with Crippen LogP contribution in [0.5, 0.6) is 0 Å². The van der Waals surface area contributed by atoms with Crippen molar-refractivity contribution in [1.29, 1.82) is 0 Å². The second-order valence-corrected chi connectivity index (χ2v) is 6.73. The van der Waals surface area contributed by atoms with Crippen molar-refractivity contribution in [2.75, 3.05) is 11.1 Å². The molecule has 0 atom stereocenters. The van der Waals surface area contributed by atoms with Gasteiger partial charge in [0.05, 0.1) is 16.3 Å². The van der Waals surface area contributed by atoms with Gasteiger partial charge in [-0.05, 0) is 24.6 Å². The molecule has 24 heavy (non-hydrogen) atoms. The Hall–Kier alpha value is -2.41. The molecule has 0 spiro atoms. The van der Waals surface area contributed by atoms with Crippen molar-refractivity contribution >= 4 is 34.6 Å². The van der Waals surface area contributed by atoms with Crippen LogP contribution < -0.4 is 5.32 Å². The fourth-order valence-corrected chi connectivity index (χ4v) is 2.98. The van der Waals surface area contributed by atoms with Crippen LogP contribution in [0.15, 0.2) is 39.8 Å². The Balaban J connectivity index is 1.63. The van der Waals surface area contributed by atoms with E-state index in [0.29, 0.717) is 5.89 Å². The first-order valence-corrected chi connectivity index (χ1v) is 8.64. The van der Waals surface area contributed by atoms with Crippen LogP contribution in [-0.2, 0) is 4.79 Å². The second-order valence-electron chi connectivity index (χ2n) is 5.73. The summed E-state index contributed by atoms with van der Waals surface area (Å²) in [5, 5.41) is 12.2. The predicted octanol–water partition coefficient (Wildman–Crippen LogP) is 3.78. The minimum absolute atomic E-state index is 0.127. The van der Waals surface area contributed by atoms with E-state index in [1.807, 2.05) is 51.1 Å². The number of hydrogen-bond donors (Lipinski definition) is 1. The Bertz CT molecular complexity index is 876. The van der Waals surface area contributed by atoms with Gasteiger partial charge in [-0.15, -0.1) is 5.10 Å². The van der Waals surface area contributed by atoms with Gasteiger partial charge in [-0.3, -0.25) is 10.1 Å². The molecule has 1 amide bonds. The molecule has 6 nitrogen and oxygen atoms in total. The summed E-state index contributed by atoms with van der Waals surface area (Å²) >= 11 is 1.38. The highest BCUT2D eigenvalue weighted by Crippen LogP contribution is 2.23. The third-order valence-electron chi connectivity index (χ3n) is 3.43. The largest absolute Gasteiger partial charge is 0.408 e. The van der Waals surface area contributed by atoms with Gasteiger partial charge in [0, 0.05) is 11.3 Å². The monoisotopic (exact) mass is 342 g/mol. The molecule has 1 aromatic carbocycles. The van der Waals surface area contributed by atoms with E-state index in [1.54, 1.807) is 0 Å². The van der Waals surface area contributed by atoms with Gasteiger partial charge in [-0.1, -0.05) is 48.9 Å². The normalized spacial score (nSPS) is 11.2. The predicted molar refractivity (Wildman–Crippen MR) is 94.2 cm³/mol. The summed E-state index contributed by atoms with van der Waals surface area (Å²) in [4.78, 5) is 16.6. The molecule has 3 rings (SSSR count). The molecule has 1 N–H and O–H groups in total. The zero-order chi connectivity index (χ0) is 17.1. The van der Waals surface area contributed by atoms with Gasteiger partial charge in [0.1, 0.15) is 0 Å². The van der Waals surface area contributed by atoms with Crippen molar-refractivity contribution in [2.24, 2.45) is 0 Å². The molecule has 0 fully saturated rings. The van der Waals surface area contributed by atoms with Crippen LogP contribution >= 0.6 is 11.8 Å². The summed E-state index contributed by atoms with van der Waals surface area (Å²) in [6, 6.07) is 10.1. The lowest BCUT2D eigenvalue weighted by Gasteiger charge is -2.06. The van der Waals surface area contributed by atoms with E-state index in [1.165, 1.54) is 11.8 Å². The molecule has 124 valence electrons. The standard InChI is InChI=1S/C17H18N4O2S/c1-10(2)16-20-21-17(23-16)19-14(22)9-24-15-8-11(3)12-6-4-5-7-13(12)18-15/h4-8,10H,9H2,1-3H3,(H,19,21,22). The minimum atomic E-state index is -0.202. The zero-order valence-corrected chi connectivity index (χ0v) is 14.6. The van der Waals surface area contributed by atoms with E-state index < -0.39 is 0 Å². The van der Waals surface area contributed by atoms with Crippen LogP contribution in [0.25, 0.3) is 10.9 Å². The number of para-hydroxylation sites is 1. The summed E-state index contributed by atoms with van der Waals surface area (Å²) in [7, 11) is 0. The number of amides is 1. The number of aryl methyl sites for hydroxylation is 1. The maximum absolute atomic E-state index is 12.0. The molecular weight excluding hydrogens is 324 g/mol. The Morgan fingerprint density at radius 2 is 2.08 bits per heavy atom. The number of nitrogens with zero attached hydrogens (tertiary/aromatic N) is 3. The van der Waals surface area contributed by atoms with Gasteiger partial charge < -0.3 is 4.42 Å². The number of rotatable bonds is 5. The van der Waals surface area contributed by atoms with Gasteiger partial charge in [-0.25, -0.2) is 4.98 Å². The lowest BCUT2D eigenvalue weighted by molar-refractivity contribution is -0.113. The number of pyridine rings is 1. The first-order chi connectivity index (χ1) is 11.5. The average molecular weight is 342 g/mol. The highest BCUT2D eigenvalue weighted by atomic mass is 32.2. The number of anilines is 1. The fourth-order valence-electron chi connectivity index (χ4n) is 2.21. The second kappa shape index (κ2) is 7.00. The van der Waals surface area contributed by atoms with Crippen molar-refractivity contribution < 1.29 is 9.21 Å². The minimum Gasteiger partial charge on any atom is -0.408 e. The Kier molecular flexibility index (Phi) is 4.80. The van der Waals surface area contributed by atoms with E-state index in [-0.39, 0.29) is 23.6 Å². The average Bonchev–Trinajstić information content (AvgIpc) is 3.02. The quantitative estimate of drug-likeness (QED) is 0.711. The molecule has 0 saturated heterocycles. The zero-order valence-electron chi connectivity index (χ0n) is 13.7. The molecule has 0 aliphatic carbocycles. The third-order valence-corrected chi connectivity index (χ3v) is 4.34. The van der Waals surface area contributed by atoms with Crippen LogP contribution in [-0.4, -0.2) is 26.8 Å². The number of benzene rings is 1. The third kappa shape index (κ3) is 3.73. The van der Waals surface area contributed by atoms with Crippen LogP contribution in [0.3, 0.4) is 0 Å². The van der Waals surface area contributed by atoms with E-state index in [9.17, 15) is 4.79 Å². The summed E-state index contributed by atoms with van der Waals surface area (Å²) < 4.78 is 5.37. The lowest BCUT2D eigenvalue weighted by Crippen LogP contribution is -2.14. The van der Waals surface area contributed by atoms with Gasteiger partial charge in [0.25, 0.3) is 0 Å². The number of carbonyl (C=O) groups is 1. The number of aromatic nitrogens is 3. The van der Waals surface area contributed by atoms with Gasteiger partial charge in [0.15, 0.2) is 0 Å². The molecular formula is C17H18N4O2S. The molecule has 2 aromatic heterocycles. The number of thioether (sulfide) groups is 1. The van der Waals surface area contributed by atoms with Crippen LogP contribution in [0.2, 0.25) is 0 Å². The summed E-state index contributed by atoms with van der Waals surface area (Å²) in [6.45, 7) is 5.94. The molecule has 7 heteroatoms. The van der Waals surface area contributed by atoms with Crippen molar-refractivity contribution in [3.8, 4) is 0 Å². The van der Waals surface area contributed by atoms with Crippen LogP contribution in [0, 0.1) is 6.92 Å². The lowest BCUT2D eigenvalue weighted by atomic mass is 10.1. The Morgan fingerprint density at radius 1 is 1.29 bits per heavy atom. The molecule has 0 aliphatic rings. The highest BCUT2D eigenvalue weighted by Gasteiger charge is 2.13. The maximum atomic E-state index is 12.0. The van der Waals surface area contributed by atoms with Crippen molar-refractivity contribution in [1.82, 2.24) is 15.2 Å². The molecule has 0 aliphatic heterocycles. The fraction of sp³-hybridized carbons (Fsp3) is 0.294. The highest BCUT2D eigenvalue weighted by molar-refractivity contribution is 7.99. The van der Waals surface area contributed by atoms with E-state index in [2.05, 4.69) is 20.5 Å². The SMILES string of the molecule is Cc1cc(SCC(=O)Nc2nnc(C(C)C)o2)nc2ccccc12. The Morgan fingerprint density at radius 3 is 2.83 bits per heavy atom. The number of nitrogens with one attached hydrogen (secondary N) is 1. The number of fused-ring (bicyclic) bond motifs is 1. The molecule has 3 aromatic rings. The molecule has 0 unspecified atom stereocenters. The summed E-state index contributed by atoms with van der Waals surface area (Å²) in [6.07, 6.45) is 0. The summed E-state index contributed by atoms with van der Waals surface area (Å²) in [5.41, 5.74) is 2.07. The van der Waals surface area contributed by atoms with Crippen molar-refractivity contribution in [3.63, 3.8) is 0 Å². The van der Waals surface area contributed by atoms with Crippen LogP contribution in [0.4, 0.5) is 6.01 Å². The maximum Gasteiger partial charge on any atom is 0.322 e. The number of carbonyl (C=O) groups excluding carboxylic acids is 1. The smallest absolute Gasteiger partial charge is 0.322 e. The summed E-state index contributed by atoms with van der Waals surface area (Å²) in [5.74, 6) is 0.656. The topological polar surface area (TPSA) is 80.9 Å². The molecule has 2 heterocycles. The molecule has 0 bridgehead atoms. The van der Waals surface area contributed by atoms with E-state index in [0.717, 1.165) is 21.5 Å². The number of hydrogen-bond acceptors (Lipinski definition) is 6. The van der Waals surface area contributed by atoms with Crippen molar-refractivity contribution in [2.45, 2.75) is 31.7 Å². The van der Waals surface area contributed by atoms with E-state index in [4.69, 9.17) is 4.42 Å². The van der Waals surface area contributed by atoms with Gasteiger partial charge in [-0.2, -0.15) is 0 Å². The van der Waals surface area contributed by atoms with E-state index >= 15 is 0 Å². The Labute approximate surface area is 144 Å². The van der Waals surface area contributed by atoms with Gasteiger partial charge in [0.2, 0.25) is 11.8 Å². The first kappa shape index (κ1) is 16.4. The first-order valence-electron chi connectivity index (χ1n) is 7.65. The molecule has 0 saturated carbocycles. The molecule has 0 radical (unpaired) electrons. The van der Waals surface area contributed by atoms with Gasteiger partial charge >= 0.3 is 6.01 Å². The van der Waals surface area contributed by atoms with Crippen molar-refractivity contribution in [3.05, 3.63) is 41.8 Å².